The molecule has 4 heteroatoms. The van der Waals surface area contributed by atoms with Crippen LogP contribution in [0.5, 0.6) is 0 Å². The molecule has 0 atom stereocenters. The average molecular weight is 134 g/mol. The molecule has 0 aliphatic carbocycles. The van der Waals surface area contributed by atoms with Crippen LogP contribution in [0.3, 0.4) is 0 Å². The Labute approximate surface area is 43.1 Å². The van der Waals surface area contributed by atoms with E-state index in [0.717, 1.165) is 0 Å². The Morgan fingerprint density at radius 1 is 1.25 bits per heavy atom. The molecular weight excluding hydrogens is 133 g/mol. The molecule has 0 unspecified atom stereocenters. The Kier molecular flexibility index (Phi) is 3.55. The summed E-state index contributed by atoms with van der Waals surface area (Å²) in [6.45, 7) is 0. The highest BCUT2D eigenvalue weighted by molar-refractivity contribution is 7.54. The van der Waals surface area contributed by atoms with Crippen molar-refractivity contribution in [3.05, 3.63) is 0 Å². The first-order valence-electron chi connectivity index (χ1n) is 0.655. The van der Waals surface area contributed by atoms with Crippen LogP contribution in [0.15, 0.2) is 0 Å². The largest absolute Gasteiger partial charge is 1.00 e. The van der Waals surface area contributed by atoms with Crippen molar-refractivity contribution in [2.75, 3.05) is 0 Å². The van der Waals surface area contributed by atoms with Crippen molar-refractivity contribution in [3.8, 4) is 0 Å². The van der Waals surface area contributed by atoms with Crippen molar-refractivity contribution in [1.82, 2.24) is 0 Å². The Bertz CT molecular complexity index is 11.6. The fraction of sp³-hybridized carbons (Fsp3) is 0. The van der Waals surface area contributed by atoms with E-state index < -0.39 is 11.4 Å². The van der Waals surface area contributed by atoms with Gasteiger partial charge in [0.2, 0.25) is 0 Å². The van der Waals surface area contributed by atoms with Gasteiger partial charge in [-0.3, -0.25) is 0 Å². The van der Waals surface area contributed by atoms with Crippen LogP contribution in [0.4, 0.5) is 0 Å². The molecule has 0 aliphatic heterocycles. The summed E-state index contributed by atoms with van der Waals surface area (Å²) in [5.74, 6) is 0. The van der Waals surface area contributed by atoms with Crippen molar-refractivity contribution in [1.29, 1.82) is 0 Å². The van der Waals surface area contributed by atoms with E-state index in [1.54, 1.807) is 0 Å². The standard InChI is InChI=1S/Al.3ClH/h;3*1H/q+3;;;/p-2. The normalized spacial score (nSPS) is 6.75. The number of hydrogen-bond acceptors (Lipinski definition) is 0. The molecule has 0 saturated carbocycles. The predicted molar refractivity (Wildman–Crippen MR) is 24.4 cm³/mol. The maximum Gasteiger partial charge on any atom is 1.00 e. The second-order valence-electron chi connectivity index (χ2n) is 0.247. The number of rotatable bonds is 0. The number of halogens is 3. The van der Waals surface area contributed by atoms with Gasteiger partial charge in [-0.05, 0) is 0 Å². The molecule has 0 bridgehead atoms. The van der Waals surface area contributed by atoms with E-state index in [-0.39, 0.29) is 1.43 Å². The maximum absolute atomic E-state index is 4.94. The van der Waals surface area contributed by atoms with Crippen LogP contribution in [-0.4, -0.2) is 11.4 Å². The minimum atomic E-state index is -1.72. The van der Waals surface area contributed by atoms with Crippen molar-refractivity contribution < 1.29 is 1.43 Å². The van der Waals surface area contributed by atoms with E-state index in [9.17, 15) is 0 Å². The van der Waals surface area contributed by atoms with E-state index in [2.05, 4.69) is 0 Å². The predicted octanol–water partition coefficient (Wildman–Crippen LogP) is 1.80. The van der Waals surface area contributed by atoms with Crippen LogP contribution in [0.25, 0.3) is 0 Å². The third kappa shape index (κ3) is 9.98. The van der Waals surface area contributed by atoms with E-state index in [1.807, 2.05) is 0 Å². The zero-order valence-corrected chi connectivity index (χ0v) is 5.13. The van der Waals surface area contributed by atoms with Crippen LogP contribution in [-0.2, 0) is 0 Å². The van der Waals surface area contributed by atoms with Crippen LogP contribution in [0.1, 0.15) is 1.43 Å². The molecule has 0 N–H and O–H groups in total. The van der Waals surface area contributed by atoms with Gasteiger partial charge < -0.3 is 0 Å². The van der Waals surface area contributed by atoms with Gasteiger partial charge in [0.1, 0.15) is 0 Å². The summed E-state index contributed by atoms with van der Waals surface area (Å²) in [4.78, 5) is 0. The summed E-state index contributed by atoms with van der Waals surface area (Å²) < 4.78 is 0. The van der Waals surface area contributed by atoms with Gasteiger partial charge in [0, 0.05) is 0 Å². The van der Waals surface area contributed by atoms with E-state index in [0.29, 0.717) is 0 Å². The lowest BCUT2D eigenvalue weighted by Crippen LogP contribution is -1.66. The van der Waals surface area contributed by atoms with Gasteiger partial charge in [-0.15, -0.1) is 0 Å². The Morgan fingerprint density at radius 3 is 1.25 bits per heavy atom. The fourth-order valence-electron chi connectivity index (χ4n) is 0. The molecule has 0 aliphatic rings. The summed E-state index contributed by atoms with van der Waals surface area (Å²) in [6, 6.07) is 0. The minimum absolute atomic E-state index is 0. The van der Waals surface area contributed by atoms with Crippen molar-refractivity contribution in [2.24, 2.45) is 0 Å². The molecule has 0 spiro atoms. The smallest absolute Gasteiger partial charge is 0.214 e. The lowest BCUT2D eigenvalue weighted by molar-refractivity contribution is 4.07. The summed E-state index contributed by atoms with van der Waals surface area (Å²) >= 11 is -1.72. The van der Waals surface area contributed by atoms with Crippen molar-refractivity contribution >= 4 is 41.5 Å². The van der Waals surface area contributed by atoms with Crippen LogP contribution >= 0.6 is 30.1 Å². The summed E-state index contributed by atoms with van der Waals surface area (Å²) in [7, 11) is 14.8. The first-order valence-corrected chi connectivity index (χ1v) is 5.89. The second kappa shape index (κ2) is 2.63. The van der Waals surface area contributed by atoms with Gasteiger partial charge >= 0.3 is 12.8 Å². The average Bonchev–Trinajstić information content (AvgIpc) is 0.811. The van der Waals surface area contributed by atoms with E-state index in [4.69, 9.17) is 30.1 Å². The molecule has 0 nitrogen and oxygen atoms in total. The number of hydrogen-bond donors (Lipinski definition) is 0. The van der Waals surface area contributed by atoms with Crippen molar-refractivity contribution in [3.63, 3.8) is 0 Å². The van der Waals surface area contributed by atoms with Crippen molar-refractivity contribution in [2.45, 2.75) is 0 Å². The molecule has 0 amide bonds. The lowest BCUT2D eigenvalue weighted by Gasteiger charge is -1.57. The fourth-order valence-corrected chi connectivity index (χ4v) is 0. The molecule has 24 valence electrons. The Morgan fingerprint density at radius 2 is 1.25 bits per heavy atom. The molecule has 0 aromatic rings. The monoisotopic (exact) mass is 133 g/mol. The maximum atomic E-state index is 4.94. The lowest BCUT2D eigenvalue weighted by atomic mass is 26.6. The molecule has 0 heterocycles. The quantitative estimate of drug-likeness (QED) is 0.443. The zero-order valence-electron chi connectivity index (χ0n) is 2.71. The van der Waals surface area contributed by atoms with Gasteiger partial charge in [0.05, 0.1) is 0 Å². The molecule has 0 aromatic heterocycles. The van der Waals surface area contributed by atoms with Crippen LogP contribution in [0.2, 0.25) is 0 Å². The third-order valence-electron chi connectivity index (χ3n) is 0. The first-order chi connectivity index (χ1) is 1.73. The molecule has 0 aromatic carbocycles. The van der Waals surface area contributed by atoms with E-state index in [1.165, 1.54) is 0 Å². The van der Waals surface area contributed by atoms with Crippen LogP contribution < -0.4 is 0 Å². The minimum Gasteiger partial charge on any atom is -0.214 e. The topological polar surface area (TPSA) is 0 Å². The second-order valence-corrected chi connectivity index (χ2v) is 6.68. The van der Waals surface area contributed by atoms with Gasteiger partial charge in [0.15, 0.2) is 0 Å². The van der Waals surface area contributed by atoms with Gasteiger partial charge in [0.25, 0.3) is 0 Å². The molecule has 4 heavy (non-hydrogen) atoms. The van der Waals surface area contributed by atoms with Gasteiger partial charge in [-0.2, -0.15) is 0 Å². The highest BCUT2D eigenvalue weighted by atomic mass is 35.8. The summed E-state index contributed by atoms with van der Waals surface area (Å²) in [5.41, 5.74) is 0. The molecule has 0 rings (SSSR count). The highest BCUT2D eigenvalue weighted by Crippen LogP contribution is 1.97. The molecular formula is HAlCl3+. The SMILES string of the molecule is [Cl][Al]([Cl])[Cl].[H+]. The Balaban J connectivity index is 0. The summed E-state index contributed by atoms with van der Waals surface area (Å²) in [6.07, 6.45) is 0. The third-order valence-corrected chi connectivity index (χ3v) is 0. The molecule has 0 radical (unpaired) electrons. The highest BCUT2D eigenvalue weighted by Gasteiger charge is 2.00. The summed E-state index contributed by atoms with van der Waals surface area (Å²) in [5, 5.41) is 0. The molecule has 0 fully saturated rings. The van der Waals surface area contributed by atoms with Crippen LogP contribution in [0, 0.1) is 0 Å². The van der Waals surface area contributed by atoms with E-state index >= 15 is 0 Å². The van der Waals surface area contributed by atoms with Gasteiger partial charge in [-0.25, -0.2) is 30.1 Å². The van der Waals surface area contributed by atoms with Gasteiger partial charge in [-0.1, -0.05) is 0 Å². The molecule has 0 saturated heterocycles. The first kappa shape index (κ1) is 5.40. The Hall–Kier alpha value is 1.40. The zero-order chi connectivity index (χ0) is 3.58.